The van der Waals surface area contributed by atoms with Crippen molar-refractivity contribution in [3.05, 3.63) is 0 Å². The van der Waals surface area contributed by atoms with Crippen molar-refractivity contribution in [2.24, 2.45) is 4.99 Å². The van der Waals surface area contributed by atoms with Crippen LogP contribution in [0.25, 0.3) is 0 Å². The highest BCUT2D eigenvalue weighted by Crippen LogP contribution is 2.36. The number of halogens is 1. The van der Waals surface area contributed by atoms with E-state index in [-0.39, 0.29) is 47.7 Å². The first kappa shape index (κ1) is 25.3. The first-order valence-electron chi connectivity index (χ1n) is 10.2. The van der Waals surface area contributed by atoms with Gasteiger partial charge in [-0.15, -0.1) is 24.0 Å². The van der Waals surface area contributed by atoms with Crippen LogP contribution < -0.4 is 16.0 Å². The van der Waals surface area contributed by atoms with Crippen molar-refractivity contribution in [1.29, 1.82) is 0 Å². The quantitative estimate of drug-likeness (QED) is 0.235. The largest absolute Gasteiger partial charge is 0.444 e. The number of hydrogen-bond donors (Lipinski definition) is 3. The molecular weight excluding hydrogens is 469 g/mol. The van der Waals surface area contributed by atoms with Gasteiger partial charge in [0.25, 0.3) is 0 Å². The smallest absolute Gasteiger partial charge is 0.410 e. The fraction of sp³-hybridized carbons (Fsp3) is 0.900. The molecule has 2 aliphatic heterocycles. The van der Waals surface area contributed by atoms with Crippen LogP contribution in [0.4, 0.5) is 4.79 Å². The molecule has 7 nitrogen and oxygen atoms in total. The standard InChI is InChI=1S/C20H39N5O2.HI/c1-19(2,3)23-11-10-22-17(21-7)24-14-12-15-8-9-16(13-14)25(15)18(26)27-20(4,5)6;/h14-16,23H,8-13H2,1-7H3,(H2,21,22,24);1H. The Morgan fingerprint density at radius 1 is 1.07 bits per heavy atom. The number of guanidine groups is 1. The first-order chi connectivity index (χ1) is 12.5. The van der Waals surface area contributed by atoms with E-state index in [1.807, 2.05) is 25.7 Å². The van der Waals surface area contributed by atoms with Crippen molar-refractivity contribution in [3.63, 3.8) is 0 Å². The molecule has 3 N–H and O–H groups in total. The van der Waals surface area contributed by atoms with E-state index in [2.05, 4.69) is 41.7 Å². The molecule has 0 radical (unpaired) electrons. The van der Waals surface area contributed by atoms with E-state index in [4.69, 9.17) is 4.74 Å². The van der Waals surface area contributed by atoms with Crippen molar-refractivity contribution in [2.45, 2.75) is 96.5 Å². The predicted octanol–water partition coefficient (Wildman–Crippen LogP) is 3.09. The van der Waals surface area contributed by atoms with Gasteiger partial charge in [-0.2, -0.15) is 0 Å². The zero-order valence-corrected chi connectivity index (χ0v) is 20.9. The van der Waals surface area contributed by atoms with Gasteiger partial charge in [-0.25, -0.2) is 4.79 Å². The van der Waals surface area contributed by atoms with Crippen LogP contribution in [0, 0.1) is 0 Å². The highest BCUT2D eigenvalue weighted by Gasteiger charge is 2.45. The minimum absolute atomic E-state index is 0. The fourth-order valence-corrected chi connectivity index (χ4v) is 3.91. The average molecular weight is 509 g/mol. The Balaban J connectivity index is 0.00000392. The van der Waals surface area contributed by atoms with E-state index >= 15 is 0 Å². The molecule has 2 fully saturated rings. The molecule has 2 unspecified atom stereocenters. The molecule has 0 aliphatic carbocycles. The molecule has 0 saturated carbocycles. The zero-order chi connectivity index (χ0) is 20.2. The number of nitrogens with one attached hydrogen (secondary N) is 3. The van der Waals surface area contributed by atoms with Gasteiger partial charge in [0, 0.05) is 43.8 Å². The van der Waals surface area contributed by atoms with Gasteiger partial charge >= 0.3 is 6.09 Å². The minimum atomic E-state index is -0.446. The Morgan fingerprint density at radius 2 is 1.64 bits per heavy atom. The summed E-state index contributed by atoms with van der Waals surface area (Å²) in [5, 5.41) is 10.4. The third-order valence-corrected chi connectivity index (χ3v) is 4.97. The lowest BCUT2D eigenvalue weighted by molar-refractivity contribution is 0.00545. The molecule has 2 heterocycles. The highest BCUT2D eigenvalue weighted by atomic mass is 127. The Kier molecular flexibility index (Phi) is 9.31. The average Bonchev–Trinajstić information content (AvgIpc) is 2.79. The summed E-state index contributed by atoms with van der Waals surface area (Å²) >= 11 is 0. The molecule has 0 spiro atoms. The van der Waals surface area contributed by atoms with Crippen LogP contribution in [0.2, 0.25) is 0 Å². The molecule has 1 amide bonds. The molecule has 2 saturated heterocycles. The second-order valence-electron chi connectivity index (χ2n) is 9.76. The molecule has 2 bridgehead atoms. The van der Waals surface area contributed by atoms with E-state index < -0.39 is 5.60 Å². The molecule has 0 aromatic rings. The van der Waals surface area contributed by atoms with Gasteiger partial charge in [-0.05, 0) is 67.2 Å². The summed E-state index contributed by atoms with van der Waals surface area (Å²) < 4.78 is 5.61. The van der Waals surface area contributed by atoms with Crippen molar-refractivity contribution >= 4 is 36.0 Å². The number of hydrogen-bond acceptors (Lipinski definition) is 4. The van der Waals surface area contributed by atoms with E-state index in [0.717, 1.165) is 44.7 Å². The summed E-state index contributed by atoms with van der Waals surface area (Å²) in [6.07, 6.45) is 3.84. The summed E-state index contributed by atoms with van der Waals surface area (Å²) in [7, 11) is 1.80. The van der Waals surface area contributed by atoms with Crippen LogP contribution >= 0.6 is 24.0 Å². The van der Waals surface area contributed by atoms with Crippen LogP contribution in [0.3, 0.4) is 0 Å². The molecule has 2 rings (SSSR count). The van der Waals surface area contributed by atoms with E-state index in [1.54, 1.807) is 7.05 Å². The normalized spacial score (nSPS) is 25.2. The molecule has 28 heavy (non-hydrogen) atoms. The third kappa shape index (κ3) is 7.93. The second kappa shape index (κ2) is 10.3. The Hall–Kier alpha value is -0.770. The van der Waals surface area contributed by atoms with E-state index in [0.29, 0.717) is 6.04 Å². The van der Waals surface area contributed by atoms with Crippen LogP contribution in [0.1, 0.15) is 67.2 Å². The molecule has 164 valence electrons. The zero-order valence-electron chi connectivity index (χ0n) is 18.6. The maximum absolute atomic E-state index is 12.6. The van der Waals surface area contributed by atoms with Gasteiger partial charge in [0.05, 0.1) is 0 Å². The topological polar surface area (TPSA) is 78.0 Å². The minimum Gasteiger partial charge on any atom is -0.444 e. The maximum Gasteiger partial charge on any atom is 0.410 e. The highest BCUT2D eigenvalue weighted by molar-refractivity contribution is 14.0. The SMILES string of the molecule is CN=C(NCCNC(C)(C)C)NC1CC2CCC(C1)N2C(=O)OC(C)(C)C.I. The first-order valence-corrected chi connectivity index (χ1v) is 10.2. The number of carbonyl (C=O) groups excluding carboxylic acids is 1. The fourth-order valence-electron chi connectivity index (χ4n) is 3.91. The van der Waals surface area contributed by atoms with Crippen LogP contribution in [0.5, 0.6) is 0 Å². The van der Waals surface area contributed by atoms with Gasteiger partial charge in [0.1, 0.15) is 5.60 Å². The monoisotopic (exact) mass is 509 g/mol. The summed E-state index contributed by atoms with van der Waals surface area (Å²) in [5.74, 6) is 0.834. The number of nitrogens with zero attached hydrogens (tertiary/aromatic N) is 2. The number of amides is 1. The van der Waals surface area contributed by atoms with Gasteiger partial charge in [-0.1, -0.05) is 0 Å². The van der Waals surface area contributed by atoms with Crippen molar-refractivity contribution in [2.75, 3.05) is 20.1 Å². The molecule has 0 aromatic carbocycles. The number of ether oxygens (including phenoxy) is 1. The predicted molar refractivity (Wildman–Crippen MR) is 126 cm³/mol. The van der Waals surface area contributed by atoms with Crippen molar-refractivity contribution in [1.82, 2.24) is 20.9 Å². The number of fused-ring (bicyclic) bond motifs is 2. The number of aliphatic imine (C=N–C) groups is 1. The van der Waals surface area contributed by atoms with E-state index in [1.165, 1.54) is 0 Å². The summed E-state index contributed by atoms with van der Waals surface area (Å²) in [6, 6.07) is 0.858. The molecule has 2 atom stereocenters. The van der Waals surface area contributed by atoms with Gasteiger partial charge in [-0.3, -0.25) is 4.99 Å². The van der Waals surface area contributed by atoms with Crippen molar-refractivity contribution in [3.8, 4) is 0 Å². The lowest BCUT2D eigenvalue weighted by Gasteiger charge is -2.40. The number of piperidine rings is 1. The lowest BCUT2D eigenvalue weighted by atomic mass is 9.98. The Labute approximate surface area is 187 Å². The van der Waals surface area contributed by atoms with E-state index in [9.17, 15) is 4.79 Å². The Morgan fingerprint density at radius 3 is 2.11 bits per heavy atom. The molecule has 0 aromatic heterocycles. The van der Waals surface area contributed by atoms with Gasteiger partial charge in [0.2, 0.25) is 0 Å². The maximum atomic E-state index is 12.6. The number of rotatable bonds is 4. The van der Waals surface area contributed by atoms with Crippen molar-refractivity contribution < 1.29 is 9.53 Å². The lowest BCUT2D eigenvalue weighted by Crippen LogP contribution is -2.55. The molecule has 2 aliphatic rings. The Bertz CT molecular complexity index is 528. The molecular formula is C20H40IN5O2. The summed E-state index contributed by atoms with van der Waals surface area (Å²) in [5.41, 5.74) is -0.328. The summed E-state index contributed by atoms with van der Waals surface area (Å²) in [6.45, 7) is 14.0. The second-order valence-corrected chi connectivity index (χ2v) is 9.76. The number of carbonyl (C=O) groups is 1. The van der Waals surface area contributed by atoms with Crippen LogP contribution in [0.15, 0.2) is 4.99 Å². The summed E-state index contributed by atoms with van der Waals surface area (Å²) in [4.78, 5) is 18.9. The third-order valence-electron chi connectivity index (χ3n) is 4.97. The van der Waals surface area contributed by atoms with Crippen LogP contribution in [-0.2, 0) is 4.74 Å². The van der Waals surface area contributed by atoms with Gasteiger partial charge in [0.15, 0.2) is 5.96 Å². The van der Waals surface area contributed by atoms with Gasteiger partial charge < -0.3 is 25.6 Å². The molecule has 8 heteroatoms. The van der Waals surface area contributed by atoms with Crippen LogP contribution in [-0.4, -0.2) is 66.4 Å².